The van der Waals surface area contributed by atoms with Gasteiger partial charge in [-0.1, -0.05) is 30.2 Å². The predicted molar refractivity (Wildman–Crippen MR) is 55.5 cm³/mol. The molecule has 0 radical (unpaired) electrons. The first-order valence-electron chi connectivity index (χ1n) is 4.47. The van der Waals surface area contributed by atoms with E-state index in [1.165, 1.54) is 18.2 Å². The van der Waals surface area contributed by atoms with Crippen molar-refractivity contribution in [2.24, 2.45) is 0 Å². The summed E-state index contributed by atoms with van der Waals surface area (Å²) in [5.74, 6) is -0.131. The molecule has 0 fully saturated rings. The summed E-state index contributed by atoms with van der Waals surface area (Å²) in [6.45, 7) is 0.334. The first kappa shape index (κ1) is 11.7. The summed E-state index contributed by atoms with van der Waals surface area (Å²) < 4.78 is 42.6. The molecule has 0 amide bonds. The molecule has 0 aliphatic heterocycles. The lowest BCUT2D eigenvalue weighted by molar-refractivity contribution is 0.353. The number of rotatable bonds is 4. The standard InChI is InChI=1S/C10H11BF3O/c1-8(2)7-15-10-6-4-3-5-9(10)11(12,13)14/h3-6H,1,7H2,2H3/q-1. The third-order valence-corrected chi connectivity index (χ3v) is 1.75. The Morgan fingerprint density at radius 3 is 2.47 bits per heavy atom. The van der Waals surface area contributed by atoms with Gasteiger partial charge in [0.15, 0.2) is 0 Å². The highest BCUT2D eigenvalue weighted by Gasteiger charge is 2.28. The minimum absolute atomic E-state index is 0.100. The number of benzene rings is 1. The quantitative estimate of drug-likeness (QED) is 0.554. The second-order valence-electron chi connectivity index (χ2n) is 3.36. The van der Waals surface area contributed by atoms with Gasteiger partial charge in [0.2, 0.25) is 0 Å². The van der Waals surface area contributed by atoms with E-state index in [1.807, 2.05) is 0 Å². The molecule has 0 saturated carbocycles. The SMILES string of the molecule is C=C(C)COc1ccccc1[B-](F)(F)F. The third kappa shape index (κ3) is 3.34. The fourth-order valence-corrected chi connectivity index (χ4v) is 1.08. The van der Waals surface area contributed by atoms with Gasteiger partial charge in [0, 0.05) is 0 Å². The molecule has 0 unspecified atom stereocenters. The molecule has 0 aliphatic carbocycles. The summed E-state index contributed by atoms with van der Waals surface area (Å²) in [6, 6.07) is 5.19. The summed E-state index contributed by atoms with van der Waals surface area (Å²) in [5.41, 5.74) is -0.0155. The van der Waals surface area contributed by atoms with Gasteiger partial charge in [0.25, 0.3) is 0 Å². The van der Waals surface area contributed by atoms with Gasteiger partial charge in [0.1, 0.15) is 6.61 Å². The van der Waals surface area contributed by atoms with E-state index in [0.717, 1.165) is 6.07 Å². The fourth-order valence-electron chi connectivity index (χ4n) is 1.08. The van der Waals surface area contributed by atoms with Crippen molar-refractivity contribution in [3.05, 3.63) is 36.4 Å². The highest BCUT2D eigenvalue weighted by Crippen LogP contribution is 2.17. The van der Waals surface area contributed by atoms with Gasteiger partial charge in [0.05, 0.1) is 5.75 Å². The van der Waals surface area contributed by atoms with E-state index in [0.29, 0.717) is 5.57 Å². The van der Waals surface area contributed by atoms with Gasteiger partial charge < -0.3 is 17.7 Å². The average molecular weight is 215 g/mol. The smallest absolute Gasteiger partial charge is 0.492 e. The van der Waals surface area contributed by atoms with E-state index < -0.39 is 12.4 Å². The van der Waals surface area contributed by atoms with Gasteiger partial charge in [-0.2, -0.15) is 0 Å². The predicted octanol–water partition coefficient (Wildman–Crippen LogP) is 2.70. The van der Waals surface area contributed by atoms with Crippen LogP contribution in [-0.2, 0) is 0 Å². The summed E-state index contributed by atoms with van der Waals surface area (Å²) in [7, 11) is 0. The Balaban J connectivity index is 2.92. The number of halogens is 3. The molecule has 0 spiro atoms. The van der Waals surface area contributed by atoms with Crippen molar-refractivity contribution in [3.63, 3.8) is 0 Å². The van der Waals surface area contributed by atoms with Crippen LogP contribution in [0.15, 0.2) is 36.4 Å². The highest BCUT2D eigenvalue weighted by molar-refractivity contribution is 6.74. The highest BCUT2D eigenvalue weighted by atomic mass is 19.4. The minimum atomic E-state index is -5.02. The van der Waals surface area contributed by atoms with Crippen LogP contribution in [0, 0.1) is 0 Å². The van der Waals surface area contributed by atoms with Gasteiger partial charge in [-0.3, -0.25) is 0 Å². The summed E-state index contributed by atoms with van der Waals surface area (Å²) in [5, 5.41) is 0. The van der Waals surface area contributed by atoms with Crippen LogP contribution in [0.5, 0.6) is 5.75 Å². The van der Waals surface area contributed by atoms with Crippen LogP contribution < -0.4 is 10.2 Å². The summed E-state index contributed by atoms with van der Waals surface area (Å²) >= 11 is 0. The molecule has 82 valence electrons. The molecular weight excluding hydrogens is 204 g/mol. The first-order valence-corrected chi connectivity index (χ1v) is 4.47. The molecule has 1 nitrogen and oxygen atoms in total. The molecule has 0 heterocycles. The van der Waals surface area contributed by atoms with Crippen LogP contribution in [0.4, 0.5) is 12.9 Å². The Morgan fingerprint density at radius 1 is 1.33 bits per heavy atom. The van der Waals surface area contributed by atoms with Crippen LogP contribution in [0.2, 0.25) is 0 Å². The second kappa shape index (κ2) is 4.42. The molecule has 5 heteroatoms. The van der Waals surface area contributed by atoms with E-state index in [-0.39, 0.29) is 12.4 Å². The van der Waals surface area contributed by atoms with Crippen LogP contribution >= 0.6 is 0 Å². The topological polar surface area (TPSA) is 9.23 Å². The molecule has 0 aliphatic rings. The Hall–Kier alpha value is -1.39. The Bertz CT molecular complexity index is 360. The molecule has 15 heavy (non-hydrogen) atoms. The van der Waals surface area contributed by atoms with Crippen LogP contribution in [0.1, 0.15) is 6.92 Å². The first-order chi connectivity index (χ1) is 6.91. The van der Waals surface area contributed by atoms with Crippen LogP contribution in [-0.4, -0.2) is 13.6 Å². The monoisotopic (exact) mass is 215 g/mol. The number of hydrogen-bond donors (Lipinski definition) is 0. The van der Waals surface area contributed by atoms with Crippen molar-refractivity contribution in [1.29, 1.82) is 0 Å². The maximum atomic E-state index is 12.5. The number of hydrogen-bond acceptors (Lipinski definition) is 1. The lowest BCUT2D eigenvalue weighted by atomic mass is 9.79. The van der Waals surface area contributed by atoms with Crippen LogP contribution in [0.3, 0.4) is 0 Å². The number of ether oxygens (including phenoxy) is 1. The molecule has 0 aromatic heterocycles. The molecule has 0 bridgehead atoms. The van der Waals surface area contributed by atoms with Gasteiger partial charge in [-0.25, -0.2) is 0 Å². The van der Waals surface area contributed by atoms with E-state index in [1.54, 1.807) is 6.92 Å². The molecule has 1 aromatic rings. The van der Waals surface area contributed by atoms with E-state index in [2.05, 4.69) is 6.58 Å². The lowest BCUT2D eigenvalue weighted by Crippen LogP contribution is -2.35. The van der Waals surface area contributed by atoms with Gasteiger partial charge in [-0.15, -0.1) is 0 Å². The minimum Gasteiger partial charge on any atom is -0.492 e. The molecule has 0 saturated heterocycles. The van der Waals surface area contributed by atoms with Gasteiger partial charge >= 0.3 is 6.98 Å². The van der Waals surface area contributed by atoms with Crippen molar-refractivity contribution >= 4 is 12.4 Å². The normalized spacial score (nSPS) is 11.2. The Kier molecular flexibility index (Phi) is 3.45. The Morgan fingerprint density at radius 2 is 1.93 bits per heavy atom. The molecule has 0 atom stereocenters. The third-order valence-electron chi connectivity index (χ3n) is 1.75. The van der Waals surface area contributed by atoms with Crippen LogP contribution in [0.25, 0.3) is 0 Å². The van der Waals surface area contributed by atoms with E-state index >= 15 is 0 Å². The van der Waals surface area contributed by atoms with E-state index in [9.17, 15) is 12.9 Å². The van der Waals surface area contributed by atoms with Crippen molar-refractivity contribution in [2.75, 3.05) is 6.61 Å². The lowest BCUT2D eigenvalue weighted by Gasteiger charge is -2.19. The van der Waals surface area contributed by atoms with E-state index in [4.69, 9.17) is 4.74 Å². The maximum absolute atomic E-state index is 12.5. The Labute approximate surface area is 86.6 Å². The summed E-state index contributed by atoms with van der Waals surface area (Å²) in [6.07, 6.45) is 0. The van der Waals surface area contributed by atoms with Gasteiger partial charge in [-0.05, 0) is 18.6 Å². The fraction of sp³-hybridized carbons (Fsp3) is 0.200. The largest absolute Gasteiger partial charge is 0.513 e. The summed E-state index contributed by atoms with van der Waals surface area (Å²) in [4.78, 5) is 0. The van der Waals surface area contributed by atoms with Crippen molar-refractivity contribution in [3.8, 4) is 5.75 Å². The van der Waals surface area contributed by atoms with Crippen molar-refractivity contribution < 1.29 is 17.7 Å². The second-order valence-corrected chi connectivity index (χ2v) is 3.36. The molecule has 1 rings (SSSR count). The zero-order valence-electron chi connectivity index (χ0n) is 8.34. The maximum Gasteiger partial charge on any atom is 0.513 e. The molecule has 1 aromatic carbocycles. The van der Waals surface area contributed by atoms with Crippen molar-refractivity contribution in [2.45, 2.75) is 6.92 Å². The average Bonchev–Trinajstić information content (AvgIpc) is 2.13. The molecule has 0 N–H and O–H groups in total. The zero-order chi connectivity index (χ0) is 11.5. The zero-order valence-corrected chi connectivity index (χ0v) is 8.34. The number of para-hydroxylation sites is 1. The molecular formula is C10H11BF3O-. The van der Waals surface area contributed by atoms with Crippen molar-refractivity contribution in [1.82, 2.24) is 0 Å².